The predicted molar refractivity (Wildman–Crippen MR) is 77.1 cm³/mol. The third kappa shape index (κ3) is 4.71. The molecule has 1 aliphatic heterocycles. The average molecular weight is 270 g/mol. The molecule has 2 aliphatic rings. The first-order valence-corrected chi connectivity index (χ1v) is 7.93. The molecule has 0 aromatic carbocycles. The summed E-state index contributed by atoms with van der Waals surface area (Å²) in [6.45, 7) is 5.90. The molecule has 0 aromatic rings. The second kappa shape index (κ2) is 7.58. The number of piperidine rings is 1. The Morgan fingerprint density at radius 1 is 1.21 bits per heavy atom. The van der Waals surface area contributed by atoms with Gasteiger partial charge in [0.05, 0.1) is 6.61 Å². The van der Waals surface area contributed by atoms with E-state index in [9.17, 15) is 0 Å². The summed E-state index contributed by atoms with van der Waals surface area (Å²) in [6.07, 6.45) is 6.03. The van der Waals surface area contributed by atoms with Crippen molar-refractivity contribution in [3.8, 4) is 0 Å². The predicted octanol–water partition coefficient (Wildman–Crippen LogP) is 0.830. The van der Waals surface area contributed by atoms with Crippen LogP contribution in [0.2, 0.25) is 0 Å². The Bertz CT molecular complexity index is 243. The molecule has 2 fully saturated rings. The van der Waals surface area contributed by atoms with Gasteiger partial charge in [-0.2, -0.15) is 0 Å². The van der Waals surface area contributed by atoms with Gasteiger partial charge in [0.2, 0.25) is 0 Å². The Kier molecular flexibility index (Phi) is 6.07. The molecule has 2 rings (SSSR count). The van der Waals surface area contributed by atoms with Gasteiger partial charge in [-0.15, -0.1) is 0 Å². The van der Waals surface area contributed by atoms with E-state index in [0.29, 0.717) is 31.2 Å². The quantitative estimate of drug-likeness (QED) is 0.611. The highest BCUT2D eigenvalue weighted by atomic mass is 16.3. The Labute approximate surface area is 117 Å². The molecule has 0 amide bonds. The van der Waals surface area contributed by atoms with Crippen LogP contribution in [0.5, 0.6) is 0 Å². The second-order valence-electron chi connectivity index (χ2n) is 6.37. The highest BCUT2D eigenvalue weighted by Crippen LogP contribution is 2.37. The SMILES string of the molecule is CC(C1CC1)N1CC(CCCO)CC(NCCO)C1. The molecule has 19 heavy (non-hydrogen) atoms. The monoisotopic (exact) mass is 270 g/mol. The van der Waals surface area contributed by atoms with Gasteiger partial charge in [0, 0.05) is 38.3 Å². The van der Waals surface area contributed by atoms with Crippen LogP contribution in [0.25, 0.3) is 0 Å². The van der Waals surface area contributed by atoms with E-state index in [4.69, 9.17) is 10.2 Å². The summed E-state index contributed by atoms with van der Waals surface area (Å²) in [5.41, 5.74) is 0. The third-order valence-corrected chi connectivity index (χ3v) is 4.76. The smallest absolute Gasteiger partial charge is 0.0556 e. The average Bonchev–Trinajstić information content (AvgIpc) is 3.26. The highest BCUT2D eigenvalue weighted by molar-refractivity contribution is 4.91. The summed E-state index contributed by atoms with van der Waals surface area (Å²) >= 11 is 0. The topological polar surface area (TPSA) is 55.7 Å². The minimum absolute atomic E-state index is 0.218. The largest absolute Gasteiger partial charge is 0.396 e. The first-order valence-electron chi connectivity index (χ1n) is 7.93. The van der Waals surface area contributed by atoms with Gasteiger partial charge >= 0.3 is 0 Å². The number of rotatable bonds is 8. The molecule has 0 spiro atoms. The fourth-order valence-corrected chi connectivity index (χ4v) is 3.46. The van der Waals surface area contributed by atoms with Gasteiger partial charge in [-0.05, 0) is 50.9 Å². The van der Waals surface area contributed by atoms with Gasteiger partial charge in [-0.3, -0.25) is 4.90 Å². The zero-order chi connectivity index (χ0) is 13.7. The van der Waals surface area contributed by atoms with Crippen molar-refractivity contribution in [1.29, 1.82) is 0 Å². The minimum atomic E-state index is 0.218. The maximum absolute atomic E-state index is 9.02. The van der Waals surface area contributed by atoms with Gasteiger partial charge < -0.3 is 15.5 Å². The van der Waals surface area contributed by atoms with Gasteiger partial charge in [-0.1, -0.05) is 0 Å². The number of aliphatic hydroxyl groups is 2. The molecule has 3 unspecified atom stereocenters. The van der Waals surface area contributed by atoms with Crippen molar-refractivity contribution in [1.82, 2.24) is 10.2 Å². The molecule has 112 valence electrons. The van der Waals surface area contributed by atoms with Crippen molar-refractivity contribution in [2.24, 2.45) is 11.8 Å². The Hall–Kier alpha value is -0.160. The van der Waals surface area contributed by atoms with Crippen molar-refractivity contribution in [2.45, 2.75) is 51.1 Å². The van der Waals surface area contributed by atoms with Crippen molar-refractivity contribution >= 4 is 0 Å². The van der Waals surface area contributed by atoms with Crippen LogP contribution in [-0.2, 0) is 0 Å². The van der Waals surface area contributed by atoms with E-state index in [2.05, 4.69) is 17.1 Å². The summed E-state index contributed by atoms with van der Waals surface area (Å²) in [6, 6.07) is 1.21. The summed E-state index contributed by atoms with van der Waals surface area (Å²) in [5.74, 6) is 1.60. The minimum Gasteiger partial charge on any atom is -0.396 e. The van der Waals surface area contributed by atoms with Gasteiger partial charge in [0.25, 0.3) is 0 Å². The lowest BCUT2D eigenvalue weighted by Crippen LogP contribution is -2.53. The zero-order valence-corrected chi connectivity index (χ0v) is 12.2. The highest BCUT2D eigenvalue weighted by Gasteiger charge is 2.36. The molecule has 1 saturated heterocycles. The van der Waals surface area contributed by atoms with Crippen LogP contribution >= 0.6 is 0 Å². The Morgan fingerprint density at radius 3 is 2.63 bits per heavy atom. The molecule has 3 N–H and O–H groups in total. The standard InChI is InChI=1S/C15H30N2O2/c1-12(14-4-5-14)17-10-13(3-2-7-18)9-15(11-17)16-6-8-19/h12-16,18-19H,2-11H2,1H3. The van der Waals surface area contributed by atoms with E-state index >= 15 is 0 Å². The van der Waals surface area contributed by atoms with Gasteiger partial charge in [0.15, 0.2) is 0 Å². The molecule has 1 aliphatic carbocycles. The number of hydrogen-bond acceptors (Lipinski definition) is 4. The van der Waals surface area contributed by atoms with Gasteiger partial charge in [-0.25, -0.2) is 0 Å². The van der Waals surface area contributed by atoms with Gasteiger partial charge in [0.1, 0.15) is 0 Å². The van der Waals surface area contributed by atoms with E-state index in [1.165, 1.54) is 25.8 Å². The summed E-state index contributed by atoms with van der Waals surface area (Å²) in [7, 11) is 0. The number of nitrogens with one attached hydrogen (secondary N) is 1. The first kappa shape index (κ1) is 15.2. The zero-order valence-electron chi connectivity index (χ0n) is 12.2. The third-order valence-electron chi connectivity index (χ3n) is 4.76. The van der Waals surface area contributed by atoms with Crippen LogP contribution in [0.4, 0.5) is 0 Å². The molecule has 1 heterocycles. The molecule has 0 radical (unpaired) electrons. The number of likely N-dealkylation sites (tertiary alicyclic amines) is 1. The van der Waals surface area contributed by atoms with Crippen LogP contribution in [0, 0.1) is 11.8 Å². The fraction of sp³-hybridized carbons (Fsp3) is 1.00. The lowest BCUT2D eigenvalue weighted by atomic mass is 9.89. The second-order valence-corrected chi connectivity index (χ2v) is 6.37. The van der Waals surface area contributed by atoms with E-state index in [0.717, 1.165) is 25.3 Å². The molecule has 4 heteroatoms. The lowest BCUT2D eigenvalue weighted by Gasteiger charge is -2.41. The van der Waals surface area contributed by atoms with E-state index in [-0.39, 0.29) is 6.61 Å². The van der Waals surface area contributed by atoms with E-state index < -0.39 is 0 Å². The van der Waals surface area contributed by atoms with Crippen molar-refractivity contribution in [3.05, 3.63) is 0 Å². The maximum Gasteiger partial charge on any atom is 0.0556 e. The van der Waals surface area contributed by atoms with Crippen molar-refractivity contribution in [2.75, 3.05) is 32.8 Å². The number of aliphatic hydroxyl groups excluding tert-OH is 2. The van der Waals surface area contributed by atoms with Crippen LogP contribution in [0.3, 0.4) is 0 Å². The van der Waals surface area contributed by atoms with Crippen LogP contribution < -0.4 is 5.32 Å². The van der Waals surface area contributed by atoms with E-state index in [1.54, 1.807) is 0 Å². The molecule has 0 aromatic heterocycles. The number of nitrogens with zero attached hydrogens (tertiary/aromatic N) is 1. The van der Waals surface area contributed by atoms with E-state index in [1.807, 2.05) is 0 Å². The maximum atomic E-state index is 9.02. The van der Waals surface area contributed by atoms with Crippen molar-refractivity contribution in [3.63, 3.8) is 0 Å². The fourth-order valence-electron chi connectivity index (χ4n) is 3.46. The Balaban J connectivity index is 1.86. The lowest BCUT2D eigenvalue weighted by molar-refractivity contribution is 0.0857. The normalized spacial score (nSPS) is 30.5. The molecule has 1 saturated carbocycles. The molecule has 4 nitrogen and oxygen atoms in total. The van der Waals surface area contributed by atoms with Crippen molar-refractivity contribution < 1.29 is 10.2 Å². The first-order chi connectivity index (χ1) is 9.24. The molecular formula is C15H30N2O2. The summed E-state index contributed by atoms with van der Waals surface area (Å²) in [4.78, 5) is 2.64. The van der Waals surface area contributed by atoms with Crippen LogP contribution in [0.1, 0.15) is 39.0 Å². The molecule has 0 bridgehead atoms. The van der Waals surface area contributed by atoms with Crippen LogP contribution in [0.15, 0.2) is 0 Å². The van der Waals surface area contributed by atoms with Crippen LogP contribution in [-0.4, -0.2) is 60.0 Å². The Morgan fingerprint density at radius 2 is 2.00 bits per heavy atom. The molecule has 3 atom stereocenters. The molecular weight excluding hydrogens is 240 g/mol. The summed E-state index contributed by atoms with van der Waals surface area (Å²) in [5, 5.41) is 21.5. The summed E-state index contributed by atoms with van der Waals surface area (Å²) < 4.78 is 0. The number of hydrogen-bond donors (Lipinski definition) is 3.